The van der Waals surface area contributed by atoms with Gasteiger partial charge in [0.25, 0.3) is 0 Å². The topological polar surface area (TPSA) is 16.1 Å². The first kappa shape index (κ1) is 11.6. The van der Waals surface area contributed by atoms with E-state index in [1.54, 1.807) is 0 Å². The molecule has 2 rings (SSSR count). The Balaban J connectivity index is 2.10. The van der Waals surface area contributed by atoms with Crippen LogP contribution in [-0.4, -0.2) is 23.0 Å². The van der Waals surface area contributed by atoms with Crippen molar-refractivity contribution < 1.29 is 0 Å². The zero-order chi connectivity index (χ0) is 11.6. The van der Waals surface area contributed by atoms with Gasteiger partial charge in [0.15, 0.2) is 0 Å². The van der Waals surface area contributed by atoms with Crippen molar-refractivity contribution in [3.63, 3.8) is 0 Å². The lowest BCUT2D eigenvalue weighted by molar-refractivity contribution is 0.176. The Kier molecular flexibility index (Phi) is 3.29. The minimum Gasteiger partial charge on any atom is -0.294 e. The van der Waals surface area contributed by atoms with Gasteiger partial charge in [-0.15, -0.1) is 0 Å². The summed E-state index contributed by atoms with van der Waals surface area (Å²) in [5.41, 5.74) is 1.61. The van der Waals surface area contributed by atoms with Gasteiger partial charge < -0.3 is 0 Å². The van der Waals surface area contributed by atoms with Gasteiger partial charge in [-0.05, 0) is 36.9 Å². The van der Waals surface area contributed by atoms with Crippen molar-refractivity contribution in [2.24, 2.45) is 5.41 Å². The molecule has 2 heterocycles. The fourth-order valence-electron chi connectivity index (χ4n) is 2.53. The van der Waals surface area contributed by atoms with Gasteiger partial charge in [0.2, 0.25) is 0 Å². The van der Waals surface area contributed by atoms with E-state index in [9.17, 15) is 0 Å². The third-order valence-electron chi connectivity index (χ3n) is 3.07. The summed E-state index contributed by atoms with van der Waals surface area (Å²) in [6, 6.07) is 6.79. The van der Waals surface area contributed by atoms with Crippen molar-refractivity contribution in [3.8, 4) is 0 Å². The monoisotopic (exact) mass is 218 g/mol. The second-order valence-corrected chi connectivity index (χ2v) is 5.94. The van der Waals surface area contributed by atoms with E-state index in [1.165, 1.54) is 25.1 Å². The summed E-state index contributed by atoms with van der Waals surface area (Å²) in [4.78, 5) is 7.08. The fourth-order valence-corrected chi connectivity index (χ4v) is 2.53. The van der Waals surface area contributed by atoms with Crippen LogP contribution in [0.25, 0.3) is 0 Å². The Labute approximate surface area is 98.7 Å². The lowest BCUT2D eigenvalue weighted by Crippen LogP contribution is -2.32. The third-order valence-corrected chi connectivity index (χ3v) is 3.07. The van der Waals surface area contributed by atoms with Gasteiger partial charge in [0.05, 0.1) is 11.7 Å². The molecule has 1 unspecified atom stereocenters. The van der Waals surface area contributed by atoms with Gasteiger partial charge >= 0.3 is 0 Å². The molecule has 0 saturated carbocycles. The van der Waals surface area contributed by atoms with Gasteiger partial charge in [-0.3, -0.25) is 9.88 Å². The van der Waals surface area contributed by atoms with E-state index in [0.717, 1.165) is 6.54 Å². The minimum absolute atomic E-state index is 0.372. The Hall–Kier alpha value is -0.890. The van der Waals surface area contributed by atoms with Crippen molar-refractivity contribution in [1.29, 1.82) is 0 Å². The molecule has 0 aromatic carbocycles. The highest BCUT2D eigenvalue weighted by molar-refractivity contribution is 5.10. The van der Waals surface area contributed by atoms with Gasteiger partial charge in [-0.2, -0.15) is 0 Å². The predicted octanol–water partition coefficient (Wildman–Crippen LogP) is 3.26. The van der Waals surface area contributed by atoms with Crippen LogP contribution in [0.2, 0.25) is 0 Å². The molecule has 0 spiro atoms. The molecular weight excluding hydrogens is 196 g/mol. The molecule has 1 fully saturated rings. The predicted molar refractivity (Wildman–Crippen MR) is 67.2 cm³/mol. The van der Waals surface area contributed by atoms with E-state index in [0.29, 0.717) is 11.5 Å². The minimum atomic E-state index is 0.372. The molecule has 0 radical (unpaired) electrons. The van der Waals surface area contributed by atoms with Crippen molar-refractivity contribution in [2.75, 3.05) is 13.1 Å². The van der Waals surface area contributed by atoms with Crippen LogP contribution in [0.15, 0.2) is 24.4 Å². The van der Waals surface area contributed by atoms with Crippen LogP contribution >= 0.6 is 0 Å². The van der Waals surface area contributed by atoms with E-state index in [-0.39, 0.29) is 0 Å². The Morgan fingerprint density at radius 2 is 2.19 bits per heavy atom. The highest BCUT2D eigenvalue weighted by atomic mass is 15.2. The first-order valence-corrected chi connectivity index (χ1v) is 6.21. The van der Waals surface area contributed by atoms with Gasteiger partial charge in [-0.25, -0.2) is 0 Å². The normalized spacial score (nSPS) is 22.6. The highest BCUT2D eigenvalue weighted by Crippen LogP contribution is 2.33. The van der Waals surface area contributed by atoms with E-state index in [4.69, 9.17) is 0 Å². The molecule has 0 N–H and O–H groups in total. The van der Waals surface area contributed by atoms with E-state index in [1.807, 2.05) is 12.3 Å². The van der Waals surface area contributed by atoms with Crippen molar-refractivity contribution >= 4 is 0 Å². The molecule has 2 heteroatoms. The Morgan fingerprint density at radius 1 is 1.38 bits per heavy atom. The average molecular weight is 218 g/mol. The summed E-state index contributed by atoms with van der Waals surface area (Å²) in [7, 11) is 0. The first-order valence-electron chi connectivity index (χ1n) is 6.21. The molecule has 0 aliphatic carbocycles. The summed E-state index contributed by atoms with van der Waals surface area (Å²) in [6.45, 7) is 9.30. The number of pyridine rings is 1. The standard InChI is InChI=1S/C14H22N2/c1-14(2,3)11-16-10-6-8-13(16)12-7-4-5-9-15-12/h4-5,7,9,13H,6,8,10-11H2,1-3H3. The maximum Gasteiger partial charge on any atom is 0.0575 e. The number of hydrogen-bond donors (Lipinski definition) is 0. The zero-order valence-corrected chi connectivity index (χ0v) is 10.6. The number of nitrogens with zero attached hydrogens (tertiary/aromatic N) is 2. The van der Waals surface area contributed by atoms with Crippen LogP contribution in [0.4, 0.5) is 0 Å². The maximum absolute atomic E-state index is 4.50. The Morgan fingerprint density at radius 3 is 2.81 bits per heavy atom. The largest absolute Gasteiger partial charge is 0.294 e. The number of hydrogen-bond acceptors (Lipinski definition) is 2. The maximum atomic E-state index is 4.50. The molecule has 2 nitrogen and oxygen atoms in total. The van der Waals surface area contributed by atoms with Crippen LogP contribution in [0.5, 0.6) is 0 Å². The first-order chi connectivity index (χ1) is 7.56. The van der Waals surface area contributed by atoms with Gasteiger partial charge in [-0.1, -0.05) is 26.8 Å². The summed E-state index contributed by atoms with van der Waals surface area (Å²) in [5.74, 6) is 0. The smallest absolute Gasteiger partial charge is 0.0575 e. The molecular formula is C14H22N2. The van der Waals surface area contributed by atoms with Crippen LogP contribution in [0.1, 0.15) is 45.3 Å². The molecule has 1 atom stereocenters. The number of likely N-dealkylation sites (tertiary alicyclic amines) is 1. The molecule has 1 aliphatic heterocycles. The zero-order valence-electron chi connectivity index (χ0n) is 10.6. The molecule has 1 saturated heterocycles. The summed E-state index contributed by atoms with van der Waals surface area (Å²) < 4.78 is 0. The van der Waals surface area contributed by atoms with Crippen LogP contribution in [-0.2, 0) is 0 Å². The molecule has 1 aliphatic rings. The molecule has 0 amide bonds. The van der Waals surface area contributed by atoms with Crippen LogP contribution in [0.3, 0.4) is 0 Å². The quantitative estimate of drug-likeness (QED) is 0.757. The molecule has 1 aromatic heterocycles. The molecule has 1 aromatic rings. The molecule has 16 heavy (non-hydrogen) atoms. The SMILES string of the molecule is CC(C)(C)CN1CCCC1c1ccccn1. The summed E-state index contributed by atoms with van der Waals surface area (Å²) in [5, 5.41) is 0. The second kappa shape index (κ2) is 4.54. The molecule has 88 valence electrons. The average Bonchev–Trinajstić information content (AvgIpc) is 2.64. The summed E-state index contributed by atoms with van der Waals surface area (Å²) >= 11 is 0. The summed E-state index contributed by atoms with van der Waals surface area (Å²) in [6.07, 6.45) is 4.47. The van der Waals surface area contributed by atoms with Crippen LogP contribution < -0.4 is 0 Å². The number of rotatable bonds is 2. The lowest BCUT2D eigenvalue weighted by Gasteiger charge is -2.30. The van der Waals surface area contributed by atoms with Crippen molar-refractivity contribution in [2.45, 2.75) is 39.7 Å². The lowest BCUT2D eigenvalue weighted by atomic mass is 9.95. The van der Waals surface area contributed by atoms with Crippen LogP contribution in [0, 0.1) is 5.41 Å². The highest BCUT2D eigenvalue weighted by Gasteiger charge is 2.29. The van der Waals surface area contributed by atoms with Crippen molar-refractivity contribution in [3.05, 3.63) is 30.1 Å². The molecule has 0 bridgehead atoms. The van der Waals surface area contributed by atoms with E-state index >= 15 is 0 Å². The fraction of sp³-hybridized carbons (Fsp3) is 0.643. The van der Waals surface area contributed by atoms with E-state index < -0.39 is 0 Å². The number of aromatic nitrogens is 1. The van der Waals surface area contributed by atoms with E-state index in [2.05, 4.69) is 42.8 Å². The van der Waals surface area contributed by atoms with Gasteiger partial charge in [0.1, 0.15) is 0 Å². The van der Waals surface area contributed by atoms with Crippen molar-refractivity contribution in [1.82, 2.24) is 9.88 Å². The Bertz CT molecular complexity index is 326. The second-order valence-electron chi connectivity index (χ2n) is 5.94. The van der Waals surface area contributed by atoms with Gasteiger partial charge in [0, 0.05) is 12.7 Å². The third kappa shape index (κ3) is 2.82.